The molecule has 0 saturated carbocycles. The molecule has 0 atom stereocenters. The minimum absolute atomic E-state index is 0.275. The number of H-pyrrole nitrogens is 1. The lowest BCUT2D eigenvalue weighted by atomic mass is 10.2. The fraction of sp³-hybridized carbons (Fsp3) is 0.0714. The third-order valence-electron chi connectivity index (χ3n) is 2.89. The molecule has 110 valence electrons. The van der Waals surface area contributed by atoms with Crippen molar-refractivity contribution in [1.82, 2.24) is 24.7 Å². The maximum atomic E-state index is 11.1. The number of rotatable bonds is 4. The summed E-state index contributed by atoms with van der Waals surface area (Å²) in [7, 11) is 0. The molecule has 8 heteroatoms. The first kappa shape index (κ1) is 13.7. The molecule has 8 nitrogen and oxygen atoms in total. The SMILES string of the molecule is O=C(O)Cn1nc(-c2ccccc2)nc1-c1c[nH]c(=O)cn1. The zero-order valence-corrected chi connectivity index (χ0v) is 11.3. The highest BCUT2D eigenvalue weighted by atomic mass is 16.4. The number of carbonyl (C=O) groups is 1. The van der Waals surface area contributed by atoms with Gasteiger partial charge in [0, 0.05) is 11.8 Å². The van der Waals surface area contributed by atoms with Crippen molar-refractivity contribution in [3.05, 3.63) is 53.1 Å². The Labute approximate surface area is 124 Å². The summed E-state index contributed by atoms with van der Waals surface area (Å²) in [5.41, 5.74) is 0.754. The smallest absolute Gasteiger partial charge is 0.325 e. The van der Waals surface area contributed by atoms with Crippen LogP contribution in [0.1, 0.15) is 0 Å². The van der Waals surface area contributed by atoms with E-state index in [0.717, 1.165) is 11.8 Å². The van der Waals surface area contributed by atoms with Crippen molar-refractivity contribution < 1.29 is 9.90 Å². The fourth-order valence-corrected chi connectivity index (χ4v) is 1.94. The van der Waals surface area contributed by atoms with Crippen LogP contribution in [0.25, 0.3) is 22.9 Å². The highest BCUT2D eigenvalue weighted by Gasteiger charge is 2.16. The van der Waals surface area contributed by atoms with Crippen LogP contribution in [-0.2, 0) is 11.3 Å². The number of benzene rings is 1. The Kier molecular flexibility index (Phi) is 3.48. The molecule has 0 spiro atoms. The van der Waals surface area contributed by atoms with Gasteiger partial charge in [0.2, 0.25) is 0 Å². The predicted molar refractivity (Wildman–Crippen MR) is 76.9 cm³/mol. The molecule has 3 rings (SSSR count). The number of carboxylic acid groups (broad SMARTS) is 1. The van der Waals surface area contributed by atoms with Crippen LogP contribution in [0.5, 0.6) is 0 Å². The predicted octanol–water partition coefficient (Wildman–Crippen LogP) is 0.780. The van der Waals surface area contributed by atoms with Gasteiger partial charge in [0.05, 0.1) is 6.20 Å². The maximum absolute atomic E-state index is 11.1. The Morgan fingerprint density at radius 1 is 1.27 bits per heavy atom. The number of nitrogens with zero attached hydrogens (tertiary/aromatic N) is 4. The zero-order valence-electron chi connectivity index (χ0n) is 11.3. The number of aromatic nitrogens is 5. The number of aromatic amines is 1. The van der Waals surface area contributed by atoms with Gasteiger partial charge in [-0.15, -0.1) is 5.10 Å². The average molecular weight is 297 g/mol. The van der Waals surface area contributed by atoms with E-state index in [1.807, 2.05) is 30.3 Å². The van der Waals surface area contributed by atoms with Crippen LogP contribution < -0.4 is 5.56 Å². The number of nitrogens with one attached hydrogen (secondary N) is 1. The fourth-order valence-electron chi connectivity index (χ4n) is 1.94. The van der Waals surface area contributed by atoms with E-state index < -0.39 is 5.97 Å². The number of hydrogen-bond donors (Lipinski definition) is 2. The van der Waals surface area contributed by atoms with Crippen LogP contribution >= 0.6 is 0 Å². The van der Waals surface area contributed by atoms with Gasteiger partial charge in [-0.1, -0.05) is 30.3 Å². The summed E-state index contributed by atoms with van der Waals surface area (Å²) in [6.07, 6.45) is 2.48. The Balaban J connectivity index is 2.11. The summed E-state index contributed by atoms with van der Waals surface area (Å²) >= 11 is 0. The molecule has 2 heterocycles. The van der Waals surface area contributed by atoms with Gasteiger partial charge < -0.3 is 10.1 Å². The van der Waals surface area contributed by atoms with Crippen LogP contribution in [0, 0.1) is 0 Å². The Bertz CT molecular complexity index is 849. The molecule has 0 amide bonds. The average Bonchev–Trinajstić information content (AvgIpc) is 2.92. The van der Waals surface area contributed by atoms with Gasteiger partial charge in [-0.3, -0.25) is 9.59 Å². The summed E-state index contributed by atoms with van der Waals surface area (Å²) in [5, 5.41) is 13.2. The molecule has 1 aromatic carbocycles. The lowest BCUT2D eigenvalue weighted by molar-refractivity contribution is -0.137. The second-order valence-corrected chi connectivity index (χ2v) is 4.47. The van der Waals surface area contributed by atoms with Crippen LogP contribution in [-0.4, -0.2) is 35.8 Å². The third kappa shape index (κ3) is 2.75. The lowest BCUT2D eigenvalue weighted by Crippen LogP contribution is -2.13. The largest absolute Gasteiger partial charge is 0.480 e. The highest BCUT2D eigenvalue weighted by Crippen LogP contribution is 2.20. The summed E-state index contributed by atoms with van der Waals surface area (Å²) in [6.45, 7) is -0.351. The summed E-state index contributed by atoms with van der Waals surface area (Å²) in [5.74, 6) is -0.377. The van der Waals surface area contributed by atoms with Crippen molar-refractivity contribution in [3.8, 4) is 22.9 Å². The normalized spacial score (nSPS) is 10.5. The molecule has 0 aliphatic heterocycles. The van der Waals surface area contributed by atoms with E-state index in [-0.39, 0.29) is 17.9 Å². The van der Waals surface area contributed by atoms with Crippen molar-refractivity contribution in [1.29, 1.82) is 0 Å². The molecule has 3 aromatic rings. The molecule has 0 aliphatic rings. The van der Waals surface area contributed by atoms with Gasteiger partial charge in [-0.05, 0) is 0 Å². The van der Waals surface area contributed by atoms with Crippen LogP contribution in [0.15, 0.2) is 47.5 Å². The standard InChI is InChI=1S/C14H11N5O3/c20-11-7-15-10(6-16-11)14-17-13(9-4-2-1-3-5-9)18-19(14)8-12(21)22/h1-7H,8H2,(H,16,20)(H,21,22). The first-order valence-corrected chi connectivity index (χ1v) is 6.40. The molecular formula is C14H11N5O3. The summed E-state index contributed by atoms with van der Waals surface area (Å²) < 4.78 is 1.24. The molecule has 0 aliphatic carbocycles. The molecule has 2 aromatic heterocycles. The van der Waals surface area contributed by atoms with Crippen molar-refractivity contribution in [2.75, 3.05) is 0 Å². The Hall–Kier alpha value is -3.29. The quantitative estimate of drug-likeness (QED) is 0.735. The topological polar surface area (TPSA) is 114 Å². The van der Waals surface area contributed by atoms with E-state index in [1.165, 1.54) is 10.9 Å². The maximum Gasteiger partial charge on any atom is 0.325 e. The molecule has 0 radical (unpaired) electrons. The molecule has 2 N–H and O–H groups in total. The second kappa shape index (κ2) is 5.60. The summed E-state index contributed by atoms with van der Waals surface area (Å²) in [4.78, 5) is 32.9. The molecule has 0 fully saturated rings. The van der Waals surface area contributed by atoms with Crippen molar-refractivity contribution in [2.24, 2.45) is 0 Å². The van der Waals surface area contributed by atoms with Gasteiger partial charge in [0.15, 0.2) is 11.6 Å². The highest BCUT2D eigenvalue weighted by molar-refractivity contribution is 5.68. The zero-order chi connectivity index (χ0) is 15.5. The van der Waals surface area contributed by atoms with Gasteiger partial charge in [-0.2, -0.15) is 0 Å². The van der Waals surface area contributed by atoms with Gasteiger partial charge >= 0.3 is 5.97 Å². The van der Waals surface area contributed by atoms with Crippen LogP contribution in [0.2, 0.25) is 0 Å². The molecule has 0 unspecified atom stereocenters. The Morgan fingerprint density at radius 2 is 2.05 bits per heavy atom. The van der Waals surface area contributed by atoms with E-state index >= 15 is 0 Å². The molecule has 0 saturated heterocycles. The molecular weight excluding hydrogens is 286 g/mol. The lowest BCUT2D eigenvalue weighted by Gasteiger charge is -2.01. The second-order valence-electron chi connectivity index (χ2n) is 4.47. The Morgan fingerprint density at radius 3 is 2.68 bits per heavy atom. The van der Waals surface area contributed by atoms with Crippen molar-refractivity contribution in [2.45, 2.75) is 6.54 Å². The van der Waals surface area contributed by atoms with Crippen molar-refractivity contribution >= 4 is 5.97 Å². The van der Waals surface area contributed by atoms with Crippen molar-refractivity contribution in [3.63, 3.8) is 0 Å². The first-order valence-electron chi connectivity index (χ1n) is 6.40. The van der Waals surface area contributed by atoms with E-state index in [4.69, 9.17) is 5.11 Å². The number of aliphatic carboxylic acids is 1. The minimum atomic E-state index is -1.05. The first-order chi connectivity index (χ1) is 10.6. The van der Waals surface area contributed by atoms with Crippen LogP contribution in [0.4, 0.5) is 0 Å². The van der Waals surface area contributed by atoms with Gasteiger partial charge in [0.25, 0.3) is 5.56 Å². The van der Waals surface area contributed by atoms with E-state index in [0.29, 0.717) is 11.5 Å². The molecule has 22 heavy (non-hydrogen) atoms. The monoisotopic (exact) mass is 297 g/mol. The third-order valence-corrected chi connectivity index (χ3v) is 2.89. The minimum Gasteiger partial charge on any atom is -0.480 e. The van der Waals surface area contributed by atoms with E-state index in [9.17, 15) is 9.59 Å². The molecule has 0 bridgehead atoms. The van der Waals surface area contributed by atoms with Gasteiger partial charge in [-0.25, -0.2) is 14.6 Å². The van der Waals surface area contributed by atoms with Gasteiger partial charge in [0.1, 0.15) is 12.2 Å². The van der Waals surface area contributed by atoms with Crippen LogP contribution in [0.3, 0.4) is 0 Å². The van der Waals surface area contributed by atoms with E-state index in [2.05, 4.69) is 20.1 Å². The number of carboxylic acids is 1. The van der Waals surface area contributed by atoms with E-state index in [1.54, 1.807) is 0 Å². The number of hydrogen-bond acceptors (Lipinski definition) is 5. The summed E-state index contributed by atoms with van der Waals surface area (Å²) in [6, 6.07) is 9.19.